The van der Waals surface area contributed by atoms with Crippen LogP contribution in [0.3, 0.4) is 0 Å². The molecular weight excluding hydrogens is 1240 g/mol. The number of nitrogens with one attached hydrogen (secondary N) is 10. The lowest BCUT2D eigenvalue weighted by Gasteiger charge is -2.30. The number of fused-ring (bicyclic) bond motifs is 2. The first kappa shape index (κ1) is 72.4. The molecule has 30 heteroatoms. The maximum Gasteiger partial charge on any atom is 0.408 e. The van der Waals surface area contributed by atoms with E-state index < -0.39 is 127 Å². The van der Waals surface area contributed by atoms with Gasteiger partial charge in [-0.25, -0.2) is 4.79 Å². The van der Waals surface area contributed by atoms with Crippen LogP contribution in [0, 0.1) is 5.92 Å². The first-order valence-corrected chi connectivity index (χ1v) is 31.4. The van der Waals surface area contributed by atoms with Crippen molar-refractivity contribution in [2.75, 3.05) is 26.2 Å². The number of primary amides is 2. The van der Waals surface area contributed by atoms with Gasteiger partial charge in [0, 0.05) is 73.0 Å². The van der Waals surface area contributed by atoms with Gasteiger partial charge in [-0.05, 0) is 91.0 Å². The normalized spacial score (nSPS) is 14.9. The quantitative estimate of drug-likeness (QED) is 0.0136. The summed E-state index contributed by atoms with van der Waals surface area (Å²) in [7, 11) is 0. The summed E-state index contributed by atoms with van der Waals surface area (Å²) in [4.78, 5) is 164. The van der Waals surface area contributed by atoms with Crippen molar-refractivity contribution in [3.63, 3.8) is 0 Å². The Kier molecular flexibility index (Phi) is 26.6. The molecule has 1 fully saturated rings. The van der Waals surface area contributed by atoms with Crippen LogP contribution >= 0.6 is 0 Å². The largest absolute Gasteiger partial charge is 0.508 e. The summed E-state index contributed by atoms with van der Waals surface area (Å²) in [6, 6.07) is 16.9. The number of aromatic hydroxyl groups is 1. The zero-order valence-electron chi connectivity index (χ0n) is 53.3. The van der Waals surface area contributed by atoms with E-state index in [0.29, 0.717) is 50.5 Å². The van der Waals surface area contributed by atoms with Gasteiger partial charge in [0.15, 0.2) is 5.96 Å². The Labute approximate surface area is 552 Å². The van der Waals surface area contributed by atoms with Crippen molar-refractivity contribution in [2.24, 2.45) is 33.8 Å². The molecular formula is C66H84N16O14. The van der Waals surface area contributed by atoms with E-state index in [1.165, 1.54) is 29.2 Å². The van der Waals surface area contributed by atoms with Crippen molar-refractivity contribution in [3.8, 4) is 5.75 Å². The second-order valence-corrected chi connectivity index (χ2v) is 23.8. The molecule has 1 aliphatic heterocycles. The Hall–Kier alpha value is -11.0. The molecule has 0 spiro atoms. The number of aromatic amines is 2. The molecule has 512 valence electrons. The zero-order chi connectivity index (χ0) is 69.4. The van der Waals surface area contributed by atoms with Crippen molar-refractivity contribution in [1.29, 1.82) is 0 Å². The van der Waals surface area contributed by atoms with Gasteiger partial charge in [0.2, 0.25) is 59.1 Å². The molecule has 1 saturated heterocycles. The number of likely N-dealkylation sites (tertiary alicyclic amines) is 1. The SMILES string of the molecule is CC(C)C[C@H](NC(=O)[C@@H](Cc1c[nH]c2ccccc12)NC(=O)[C@H](Cc1ccc(O)cc1)NC(=O)[C@H](CO)NC(=O)[C@H](Cc1c[nH]c2ccccc12)NC(=O)[C@H](CCC(N)=O)NC(=O)OCc1ccccc1)C(=O)N[C@@H](CCCN=C(N)N)C(=O)N1CCC[C@H]1C(=O)NCC(N)=O. The van der Waals surface area contributed by atoms with Gasteiger partial charge in [-0.1, -0.05) is 92.7 Å². The lowest BCUT2D eigenvalue weighted by molar-refractivity contribution is -0.142. The molecule has 7 rings (SSSR count). The molecule has 2 aromatic heterocycles. The molecule has 96 heavy (non-hydrogen) atoms. The Morgan fingerprint density at radius 1 is 0.583 bits per heavy atom. The maximum atomic E-state index is 15.1. The summed E-state index contributed by atoms with van der Waals surface area (Å²) < 4.78 is 5.35. The number of hydrogen-bond donors (Lipinski definition) is 16. The number of H-pyrrole nitrogens is 2. The Bertz CT molecular complexity index is 3740. The molecule has 0 radical (unpaired) electrons. The molecule has 4 aromatic carbocycles. The standard InChI is InChI=1S/C66H84N16O14/c1-37(2)28-49(58(88)75-48(18-10-26-71-65(69)70)64(94)82-27-11-19-54(82)63(93)74-34-56(68)86)76-60(90)51(30-40-32-72-45-16-8-6-14-43(40)45)79-59(89)50(29-38-20-22-42(84)23-21-38)77-62(92)53(35-83)80-61(91)52(31-41-33-73-46-17-9-7-15-44(41)46)78-57(87)47(24-25-55(67)85)81-66(95)96-36-39-12-4-3-5-13-39/h3-9,12-17,20-23,32-33,37,47-54,72-73,83-84H,10-11,18-19,24-31,34-36H2,1-2H3,(H2,67,85)(H2,68,86)(H,74,93)(H,75,88)(H,76,90)(H,77,92)(H,78,87)(H,79,89)(H,80,91)(H,81,95)(H4,69,70,71)/t47-,48-,49-,50-,51+,52-,53-,54-/m0/s1. The predicted octanol–water partition coefficient (Wildman–Crippen LogP) is -0.464. The number of aliphatic imine (C=N–C) groups is 1. The number of aliphatic hydroxyl groups is 1. The second-order valence-electron chi connectivity index (χ2n) is 23.8. The highest BCUT2D eigenvalue weighted by Crippen LogP contribution is 2.24. The highest BCUT2D eigenvalue weighted by Gasteiger charge is 2.40. The van der Waals surface area contributed by atoms with Crippen molar-refractivity contribution >= 4 is 92.9 Å². The number of aliphatic hydroxyl groups excluding tert-OH is 1. The summed E-state index contributed by atoms with van der Waals surface area (Å²) in [5.41, 5.74) is 25.3. The van der Waals surface area contributed by atoms with Crippen LogP contribution in [0.5, 0.6) is 5.75 Å². The van der Waals surface area contributed by atoms with E-state index in [9.17, 15) is 53.4 Å². The van der Waals surface area contributed by atoms with Gasteiger partial charge >= 0.3 is 6.09 Å². The van der Waals surface area contributed by atoms with Crippen LogP contribution < -0.4 is 65.5 Å². The van der Waals surface area contributed by atoms with Crippen molar-refractivity contribution < 1.29 is 67.7 Å². The maximum absolute atomic E-state index is 15.1. The van der Waals surface area contributed by atoms with Gasteiger partial charge in [0.1, 0.15) is 60.7 Å². The summed E-state index contributed by atoms with van der Waals surface area (Å²) in [6.07, 6.45) is 1.68. The molecule has 3 heterocycles. The number of nitrogens with zero attached hydrogens (tertiary/aromatic N) is 2. The topological polar surface area (TPSA) is 485 Å². The molecule has 30 nitrogen and oxygen atoms in total. The lowest BCUT2D eigenvalue weighted by atomic mass is 9.99. The molecule has 0 saturated carbocycles. The van der Waals surface area contributed by atoms with E-state index >= 15 is 9.59 Å². The number of nitrogens with two attached hydrogens (primary N) is 4. The highest BCUT2D eigenvalue weighted by atomic mass is 16.5. The number of rotatable bonds is 35. The third-order valence-electron chi connectivity index (χ3n) is 16.0. The number of amides is 11. The Balaban J connectivity index is 1.15. The minimum absolute atomic E-state index is 0.0127. The average Bonchev–Trinajstić information content (AvgIpc) is 1.62. The highest BCUT2D eigenvalue weighted by molar-refractivity contribution is 5.99. The van der Waals surface area contributed by atoms with Crippen LogP contribution in [0.2, 0.25) is 0 Å². The molecule has 6 aromatic rings. The van der Waals surface area contributed by atoms with E-state index in [0.717, 1.165) is 0 Å². The number of guanidine groups is 1. The lowest BCUT2D eigenvalue weighted by Crippen LogP contribution is -2.61. The van der Waals surface area contributed by atoms with Crippen LogP contribution in [0.1, 0.15) is 81.0 Å². The molecule has 20 N–H and O–H groups in total. The van der Waals surface area contributed by atoms with Gasteiger partial charge in [0.25, 0.3) is 0 Å². The smallest absolute Gasteiger partial charge is 0.408 e. The van der Waals surface area contributed by atoms with Crippen LogP contribution in [0.25, 0.3) is 21.8 Å². The van der Waals surface area contributed by atoms with Crippen molar-refractivity contribution in [3.05, 3.63) is 138 Å². The van der Waals surface area contributed by atoms with E-state index in [1.807, 2.05) is 0 Å². The first-order chi connectivity index (χ1) is 46.0. The fraction of sp³-hybridized carbons (Fsp3) is 0.394. The molecule has 0 bridgehead atoms. The van der Waals surface area contributed by atoms with Crippen molar-refractivity contribution in [1.82, 2.24) is 57.4 Å². The van der Waals surface area contributed by atoms with E-state index in [1.54, 1.807) is 105 Å². The van der Waals surface area contributed by atoms with E-state index in [2.05, 4.69) is 57.5 Å². The Morgan fingerprint density at radius 3 is 1.65 bits per heavy atom. The van der Waals surface area contributed by atoms with Crippen molar-refractivity contribution in [2.45, 2.75) is 133 Å². The van der Waals surface area contributed by atoms with Crippen LogP contribution in [0.4, 0.5) is 4.79 Å². The minimum atomic E-state index is -1.83. The number of phenolic OH excluding ortho intramolecular Hbond substituents is 1. The fourth-order valence-electron chi connectivity index (χ4n) is 11.1. The summed E-state index contributed by atoms with van der Waals surface area (Å²) in [6.45, 7) is 2.11. The number of carbonyl (C=O) groups is 11. The first-order valence-electron chi connectivity index (χ1n) is 31.4. The Morgan fingerprint density at radius 2 is 1.09 bits per heavy atom. The fourth-order valence-corrected chi connectivity index (χ4v) is 11.1. The number of aromatic nitrogens is 2. The summed E-state index contributed by atoms with van der Waals surface area (Å²) in [5.74, 6) is -9.10. The van der Waals surface area contributed by atoms with Gasteiger partial charge in [-0.3, -0.25) is 52.9 Å². The summed E-state index contributed by atoms with van der Waals surface area (Å²) in [5, 5.41) is 43.4. The number of alkyl carbamates (subject to hydrolysis) is 1. The molecule has 0 unspecified atom stereocenters. The van der Waals surface area contributed by atoms with Gasteiger partial charge in [0.05, 0.1) is 13.2 Å². The number of hydrogen-bond acceptors (Lipinski definition) is 15. The average molecular weight is 1330 g/mol. The van der Waals surface area contributed by atoms with Gasteiger partial charge in [-0.2, -0.15) is 0 Å². The second kappa shape index (κ2) is 35.3. The minimum Gasteiger partial charge on any atom is -0.508 e. The third kappa shape index (κ3) is 21.5. The van der Waals surface area contributed by atoms with Crippen LogP contribution in [0.15, 0.2) is 121 Å². The van der Waals surface area contributed by atoms with E-state index in [4.69, 9.17) is 27.7 Å². The molecule has 11 amide bonds. The molecule has 8 atom stereocenters. The van der Waals surface area contributed by atoms with Crippen LogP contribution in [-0.4, -0.2) is 171 Å². The molecule has 0 aliphatic carbocycles. The number of para-hydroxylation sites is 2. The predicted molar refractivity (Wildman–Crippen MR) is 353 cm³/mol. The number of carbonyl (C=O) groups excluding carboxylic acids is 11. The number of ether oxygens (including phenoxy) is 1. The van der Waals surface area contributed by atoms with Crippen LogP contribution in [-0.2, 0) is 78.6 Å². The summed E-state index contributed by atoms with van der Waals surface area (Å²) >= 11 is 0. The molecule has 1 aliphatic rings. The van der Waals surface area contributed by atoms with E-state index in [-0.39, 0.29) is 95.1 Å². The zero-order valence-corrected chi connectivity index (χ0v) is 53.3. The third-order valence-corrected chi connectivity index (χ3v) is 16.0. The monoisotopic (exact) mass is 1320 g/mol. The van der Waals surface area contributed by atoms with Gasteiger partial charge < -0.3 is 95.3 Å². The number of phenols is 1. The van der Waals surface area contributed by atoms with Gasteiger partial charge in [-0.15, -0.1) is 0 Å². The number of benzene rings is 4.